The van der Waals surface area contributed by atoms with Crippen molar-refractivity contribution in [1.29, 1.82) is 0 Å². The molecule has 4 heteroatoms. The van der Waals surface area contributed by atoms with Crippen molar-refractivity contribution in [2.75, 3.05) is 20.1 Å². The summed E-state index contributed by atoms with van der Waals surface area (Å²) in [4.78, 5) is 14.1. The predicted molar refractivity (Wildman–Crippen MR) is 87.5 cm³/mol. The van der Waals surface area contributed by atoms with Gasteiger partial charge < -0.3 is 10.2 Å². The van der Waals surface area contributed by atoms with Crippen LogP contribution in [0.4, 0.5) is 0 Å². The van der Waals surface area contributed by atoms with Crippen LogP contribution in [0.5, 0.6) is 0 Å². The van der Waals surface area contributed by atoms with Crippen molar-refractivity contribution in [3.05, 3.63) is 35.4 Å². The highest BCUT2D eigenvalue weighted by molar-refractivity contribution is 5.85. The number of benzene rings is 1. The van der Waals surface area contributed by atoms with Gasteiger partial charge in [0.1, 0.15) is 0 Å². The van der Waals surface area contributed by atoms with Gasteiger partial charge in [-0.1, -0.05) is 36.8 Å². The van der Waals surface area contributed by atoms with E-state index in [0.717, 1.165) is 19.4 Å². The fourth-order valence-electron chi connectivity index (χ4n) is 2.36. The average Bonchev–Trinajstić information content (AvgIpc) is 2.41. The monoisotopic (exact) mass is 298 g/mol. The van der Waals surface area contributed by atoms with Gasteiger partial charge in [0, 0.05) is 12.6 Å². The number of halogens is 1. The van der Waals surface area contributed by atoms with Crippen LogP contribution in [0.25, 0.3) is 0 Å². The van der Waals surface area contributed by atoms with E-state index >= 15 is 0 Å². The second-order valence-corrected chi connectivity index (χ2v) is 4.96. The number of likely N-dealkylation sites (N-methyl/N-ethyl adjacent to an activating group) is 2. The number of hydrogen-bond donors (Lipinski definition) is 1. The second-order valence-electron chi connectivity index (χ2n) is 4.96. The zero-order chi connectivity index (χ0) is 14.3. The third-order valence-electron chi connectivity index (χ3n) is 3.49. The quantitative estimate of drug-likeness (QED) is 0.839. The zero-order valence-corrected chi connectivity index (χ0v) is 13.8. The Balaban J connectivity index is 0.00000361. The molecule has 1 atom stereocenters. The van der Waals surface area contributed by atoms with Gasteiger partial charge >= 0.3 is 0 Å². The smallest absolute Gasteiger partial charge is 0.236 e. The Morgan fingerprint density at radius 1 is 1.25 bits per heavy atom. The third-order valence-corrected chi connectivity index (χ3v) is 3.49. The van der Waals surface area contributed by atoms with Crippen LogP contribution in [0, 0.1) is 6.92 Å². The van der Waals surface area contributed by atoms with E-state index in [1.165, 1.54) is 11.1 Å². The van der Waals surface area contributed by atoms with Crippen LogP contribution in [0.2, 0.25) is 0 Å². The summed E-state index contributed by atoms with van der Waals surface area (Å²) in [5.41, 5.74) is 2.57. The summed E-state index contributed by atoms with van der Waals surface area (Å²) >= 11 is 0. The number of carbonyl (C=O) groups is 1. The lowest BCUT2D eigenvalue weighted by molar-refractivity contribution is -0.132. The van der Waals surface area contributed by atoms with E-state index in [1.807, 2.05) is 18.9 Å². The maximum absolute atomic E-state index is 12.1. The zero-order valence-electron chi connectivity index (χ0n) is 13.0. The van der Waals surface area contributed by atoms with E-state index in [0.29, 0.717) is 6.54 Å². The minimum absolute atomic E-state index is 0. The molecule has 0 saturated carbocycles. The summed E-state index contributed by atoms with van der Waals surface area (Å²) in [7, 11) is 1.81. The van der Waals surface area contributed by atoms with Crippen molar-refractivity contribution in [3.63, 3.8) is 0 Å². The number of nitrogens with one attached hydrogen (secondary N) is 1. The molecule has 1 amide bonds. The van der Waals surface area contributed by atoms with Gasteiger partial charge in [0.25, 0.3) is 0 Å². The fourth-order valence-corrected chi connectivity index (χ4v) is 2.36. The highest BCUT2D eigenvalue weighted by atomic mass is 35.5. The largest absolute Gasteiger partial charge is 0.339 e. The van der Waals surface area contributed by atoms with Gasteiger partial charge in [0.2, 0.25) is 5.91 Å². The predicted octanol–water partition coefficient (Wildman–Crippen LogP) is 2.81. The Morgan fingerprint density at radius 2 is 1.85 bits per heavy atom. The van der Waals surface area contributed by atoms with Gasteiger partial charge in [-0.15, -0.1) is 12.4 Å². The third kappa shape index (κ3) is 5.51. The Bertz CT molecular complexity index is 392. The maximum Gasteiger partial charge on any atom is 0.236 e. The summed E-state index contributed by atoms with van der Waals surface area (Å²) < 4.78 is 0. The molecule has 1 rings (SSSR count). The van der Waals surface area contributed by atoms with E-state index in [1.54, 1.807) is 0 Å². The number of carbonyl (C=O) groups excluding carboxylic acids is 1. The number of amides is 1. The molecule has 0 fully saturated rings. The number of nitrogens with zero attached hydrogens (tertiary/aromatic N) is 1. The molecule has 0 spiro atoms. The standard InChI is InChI=1S/C16H26N2O.ClH/c1-5-15(18(6-2)16(19)12-17-4)11-14-9-7-13(3)8-10-14;/h7-10,15,17H,5-6,11-12H2,1-4H3;1H. The number of aryl methyl sites for hydroxylation is 1. The van der Waals surface area contributed by atoms with Gasteiger partial charge in [-0.25, -0.2) is 0 Å². The topological polar surface area (TPSA) is 32.3 Å². The van der Waals surface area contributed by atoms with Crippen molar-refractivity contribution in [2.45, 2.75) is 39.7 Å². The normalized spacial score (nSPS) is 11.6. The molecule has 114 valence electrons. The maximum atomic E-state index is 12.1. The molecule has 1 N–H and O–H groups in total. The Labute approximate surface area is 129 Å². The first-order chi connectivity index (χ1) is 9.12. The Morgan fingerprint density at radius 3 is 2.30 bits per heavy atom. The summed E-state index contributed by atoms with van der Waals surface area (Å²) in [5.74, 6) is 0.184. The first-order valence-electron chi connectivity index (χ1n) is 7.11. The highest BCUT2D eigenvalue weighted by Gasteiger charge is 2.20. The summed E-state index contributed by atoms with van der Waals surface area (Å²) in [6.07, 6.45) is 1.91. The summed E-state index contributed by atoms with van der Waals surface area (Å²) in [6, 6.07) is 8.87. The fraction of sp³-hybridized carbons (Fsp3) is 0.562. The van der Waals surface area contributed by atoms with Crippen molar-refractivity contribution in [2.24, 2.45) is 0 Å². The van der Waals surface area contributed by atoms with E-state index in [4.69, 9.17) is 0 Å². The summed E-state index contributed by atoms with van der Waals surface area (Å²) in [5, 5.41) is 2.94. The number of hydrogen-bond acceptors (Lipinski definition) is 2. The lowest BCUT2D eigenvalue weighted by Crippen LogP contribution is -2.44. The molecule has 20 heavy (non-hydrogen) atoms. The molecule has 0 radical (unpaired) electrons. The minimum Gasteiger partial charge on any atom is -0.339 e. The molecule has 0 aliphatic rings. The molecular weight excluding hydrogens is 272 g/mol. The van der Waals surface area contributed by atoms with Crippen LogP contribution < -0.4 is 5.32 Å². The molecule has 0 aliphatic heterocycles. The molecule has 0 saturated heterocycles. The first-order valence-corrected chi connectivity index (χ1v) is 7.11. The lowest BCUT2D eigenvalue weighted by Gasteiger charge is -2.30. The van der Waals surface area contributed by atoms with Crippen molar-refractivity contribution >= 4 is 18.3 Å². The average molecular weight is 299 g/mol. The molecule has 1 aromatic carbocycles. The second kappa shape index (κ2) is 9.78. The molecule has 0 aromatic heterocycles. The number of rotatable bonds is 7. The lowest BCUT2D eigenvalue weighted by atomic mass is 10.0. The van der Waals surface area contributed by atoms with E-state index in [9.17, 15) is 4.79 Å². The SMILES string of the molecule is CCC(Cc1ccc(C)cc1)N(CC)C(=O)CNC.Cl. The molecule has 1 aromatic rings. The van der Waals surface area contributed by atoms with E-state index < -0.39 is 0 Å². The molecule has 0 heterocycles. The van der Waals surface area contributed by atoms with Crippen LogP contribution in [0.1, 0.15) is 31.4 Å². The summed E-state index contributed by atoms with van der Waals surface area (Å²) in [6.45, 7) is 7.47. The van der Waals surface area contributed by atoms with Gasteiger partial charge in [0.05, 0.1) is 6.54 Å². The highest BCUT2D eigenvalue weighted by Crippen LogP contribution is 2.13. The Hall–Kier alpha value is -1.06. The van der Waals surface area contributed by atoms with Crippen LogP contribution in [-0.4, -0.2) is 37.0 Å². The van der Waals surface area contributed by atoms with Gasteiger partial charge in [-0.2, -0.15) is 0 Å². The van der Waals surface area contributed by atoms with E-state index in [2.05, 4.69) is 43.4 Å². The minimum atomic E-state index is 0. The van der Waals surface area contributed by atoms with Crippen LogP contribution in [0.3, 0.4) is 0 Å². The van der Waals surface area contributed by atoms with Gasteiger partial charge in [-0.3, -0.25) is 4.79 Å². The molecule has 3 nitrogen and oxygen atoms in total. The van der Waals surface area contributed by atoms with Crippen LogP contribution in [-0.2, 0) is 11.2 Å². The molecule has 1 unspecified atom stereocenters. The van der Waals surface area contributed by atoms with Crippen molar-refractivity contribution < 1.29 is 4.79 Å². The van der Waals surface area contributed by atoms with E-state index in [-0.39, 0.29) is 24.4 Å². The van der Waals surface area contributed by atoms with Crippen LogP contribution in [0.15, 0.2) is 24.3 Å². The first kappa shape index (κ1) is 18.9. The Kier molecular flexibility index (Phi) is 9.26. The van der Waals surface area contributed by atoms with Gasteiger partial charge in [0.15, 0.2) is 0 Å². The van der Waals surface area contributed by atoms with Crippen molar-refractivity contribution in [3.8, 4) is 0 Å². The van der Waals surface area contributed by atoms with Crippen molar-refractivity contribution in [1.82, 2.24) is 10.2 Å². The molecular formula is C16H27ClN2O. The van der Waals surface area contributed by atoms with Crippen LogP contribution >= 0.6 is 12.4 Å². The molecule has 0 aliphatic carbocycles. The van der Waals surface area contributed by atoms with Gasteiger partial charge in [-0.05, 0) is 39.3 Å². The molecule has 0 bridgehead atoms.